The Morgan fingerprint density at radius 1 is 0.380 bits per heavy atom. The van der Waals surface area contributed by atoms with Crippen molar-refractivity contribution in [3.63, 3.8) is 0 Å². The molecule has 492 valence electrons. The zero-order valence-corrected chi connectivity index (χ0v) is 58.3. The number of carbonyl (C=O) groups is 1. The van der Waals surface area contributed by atoms with Crippen molar-refractivity contribution >= 4 is 87.1 Å². The number of halogens is 4. The first kappa shape index (κ1) is 69.0. The van der Waals surface area contributed by atoms with E-state index in [4.69, 9.17) is 51.4 Å². The van der Waals surface area contributed by atoms with Crippen molar-refractivity contribution in [2.45, 2.75) is 13.8 Å². The number of rotatable bonds is 11. The highest BCUT2D eigenvalue weighted by atomic mass is 79.9. The van der Waals surface area contributed by atoms with Gasteiger partial charge in [0.15, 0.2) is 34.5 Å². The van der Waals surface area contributed by atoms with Crippen molar-refractivity contribution in [3.8, 4) is 127 Å². The summed E-state index contributed by atoms with van der Waals surface area (Å²) in [5, 5.41) is 40.9. The van der Waals surface area contributed by atoms with Crippen LogP contribution in [0.3, 0.4) is 0 Å². The van der Waals surface area contributed by atoms with E-state index in [1.807, 2.05) is 184 Å². The molecule has 9 aromatic heterocycles. The predicted molar refractivity (Wildman–Crippen MR) is 384 cm³/mol. The van der Waals surface area contributed by atoms with Gasteiger partial charge in [0, 0.05) is 43.4 Å². The summed E-state index contributed by atoms with van der Waals surface area (Å²) in [6.45, 7) is 3.72. The summed E-state index contributed by atoms with van der Waals surface area (Å²) >= 11 is 13.0. The van der Waals surface area contributed by atoms with Gasteiger partial charge in [-0.2, -0.15) is 0 Å². The summed E-state index contributed by atoms with van der Waals surface area (Å²) in [6, 6.07) is 53.5. The molecule has 0 radical (unpaired) electrons. The highest BCUT2D eigenvalue weighted by Crippen LogP contribution is 2.33. The molecule has 9 heterocycles. The molecular formula is C69H47Br4N21O6. The zero-order valence-electron chi connectivity index (χ0n) is 51.9. The van der Waals surface area contributed by atoms with Crippen LogP contribution in [0.4, 0.5) is 17.5 Å². The van der Waals surface area contributed by atoms with Gasteiger partial charge in [-0.05, 0) is 122 Å². The maximum Gasteiger partial charge on any atom is 0.358 e. The van der Waals surface area contributed by atoms with Gasteiger partial charge >= 0.3 is 5.97 Å². The number of carboxylic acid groups (broad SMARTS) is 1. The molecule has 0 aliphatic rings. The van der Waals surface area contributed by atoms with E-state index in [1.54, 1.807) is 18.6 Å². The normalized spacial score (nSPS) is 10.5. The molecule has 0 saturated heterocycles. The first-order valence-electron chi connectivity index (χ1n) is 29.2. The number of nitrogens with two attached hydrogens (primary N) is 3. The van der Waals surface area contributed by atoms with E-state index in [0.717, 1.165) is 54.9 Å². The van der Waals surface area contributed by atoms with E-state index in [1.165, 1.54) is 12.4 Å². The topological polar surface area (TPSA) is 400 Å². The second-order valence-corrected chi connectivity index (χ2v) is 23.5. The average Bonchev–Trinajstić information content (AvgIpc) is 1.52. The van der Waals surface area contributed by atoms with Gasteiger partial charge in [-0.25, -0.2) is 44.7 Å². The minimum absolute atomic E-state index is 0.0827. The summed E-state index contributed by atoms with van der Waals surface area (Å²) in [6.07, 6.45) is 13.4. The molecule has 31 heteroatoms. The molecule has 0 aliphatic carbocycles. The van der Waals surface area contributed by atoms with Crippen LogP contribution in [0.25, 0.3) is 115 Å². The summed E-state index contributed by atoms with van der Waals surface area (Å²) in [5.41, 5.74) is 27.2. The van der Waals surface area contributed by atoms with Gasteiger partial charge in [0.2, 0.25) is 23.6 Å². The lowest BCUT2D eigenvalue weighted by atomic mass is 10.1. The molecule has 0 unspecified atom stereocenters. The lowest BCUT2D eigenvalue weighted by molar-refractivity contribution is 0.0691. The summed E-state index contributed by atoms with van der Waals surface area (Å²) in [5.74, 6) is 4.72. The lowest BCUT2D eigenvalue weighted by Crippen LogP contribution is -2.07. The third-order valence-corrected chi connectivity index (χ3v) is 15.4. The van der Waals surface area contributed by atoms with Crippen LogP contribution >= 0.6 is 63.7 Å². The van der Waals surface area contributed by atoms with E-state index in [2.05, 4.69) is 155 Å². The van der Waals surface area contributed by atoms with Crippen LogP contribution in [-0.2, 0) is 0 Å². The minimum atomic E-state index is -1.18. The summed E-state index contributed by atoms with van der Waals surface area (Å²) in [4.78, 5) is 52.1. The third kappa shape index (κ3) is 17.2. The van der Waals surface area contributed by atoms with Gasteiger partial charge in [-0.3, -0.25) is 9.97 Å². The number of benzene rings is 6. The van der Waals surface area contributed by atoms with Gasteiger partial charge in [0.1, 0.15) is 25.2 Å². The molecule has 7 N–H and O–H groups in total. The number of hydrogen-bond acceptors (Lipinski definition) is 26. The maximum atomic E-state index is 10.4. The van der Waals surface area contributed by atoms with Crippen molar-refractivity contribution in [1.29, 1.82) is 0 Å². The number of hydrogen-bond donors (Lipinski definition) is 4. The van der Waals surface area contributed by atoms with Crippen molar-refractivity contribution in [2.24, 2.45) is 0 Å². The number of aromatic carboxylic acids is 1. The number of anilines is 3. The van der Waals surface area contributed by atoms with E-state index < -0.39 is 5.97 Å². The maximum absolute atomic E-state index is 10.4. The Morgan fingerprint density at radius 2 is 0.700 bits per heavy atom. The minimum Gasteiger partial charge on any atom is -0.476 e. The van der Waals surface area contributed by atoms with Gasteiger partial charge in [0.25, 0.3) is 23.6 Å². The van der Waals surface area contributed by atoms with E-state index >= 15 is 0 Å². The molecule has 0 aliphatic heterocycles. The molecule has 0 fully saturated rings. The lowest BCUT2D eigenvalue weighted by Gasteiger charge is -2.06. The SMILES string of the molecule is C#Cc1ccccc1-c1cnc(N)c(-c2nnc(-c3ccccc3)o2)n1.Cc1ncc(-c2ccccc2Br)nc1-c1nnc(-c2ccccc2)o1.Cc1ncc(Br)nc1-c1nnc(-c2ccccc2)o1.Nc1ncc(Br)nc1-c1nnc(-c2ccccc2)o1.Nc1ncc(Br)nc1C(=O)O. The summed E-state index contributed by atoms with van der Waals surface area (Å²) in [7, 11) is 0. The van der Waals surface area contributed by atoms with E-state index in [0.29, 0.717) is 83.2 Å². The zero-order chi connectivity index (χ0) is 70.1. The largest absolute Gasteiger partial charge is 0.476 e. The number of nitrogen functional groups attached to an aromatic ring is 3. The predicted octanol–water partition coefficient (Wildman–Crippen LogP) is 14.7. The molecule has 0 bridgehead atoms. The quantitative estimate of drug-likeness (QED) is 0.0874. The third-order valence-electron chi connectivity index (χ3n) is 13.5. The Kier molecular flexibility index (Phi) is 22.5. The monoisotopic (exact) mass is 1580 g/mol. The van der Waals surface area contributed by atoms with Gasteiger partial charge in [-0.1, -0.05) is 131 Å². The standard InChI is InChI=1S/C20H13N5O.C19H13BrN4O.C13H9BrN4O.C12H8BrN5O.C5H4BrN3O2/c1-2-13-8-6-7-11-15(13)16-12-22-18(21)17(23-16)20-25-24-19(26-20)14-9-4-3-5-10-14;1-12-17(19-24-23-18(25-19)13-7-3-2-4-8-13)22-16(11-21-12)14-9-5-6-10-15(14)20;1-8-11(16-10(14)7-15-8)13-18-17-12(19-13)9-5-3-2-4-6-9;13-8-6-15-10(14)9(16-8)12-18-17-11(19-12)7-4-2-1-3-5-7;6-2-1-8-4(7)3(9-2)5(10)11/h1,3-12H,(H2,21,22);2-11H,1H3;2-7H,1H3;1-6H,(H2,14,15);1H,(H2,7,8)(H,10,11). The fraction of sp³-hybridized carbons (Fsp3) is 0.0290. The smallest absolute Gasteiger partial charge is 0.358 e. The Labute approximate surface area is 601 Å². The van der Waals surface area contributed by atoms with Crippen molar-refractivity contribution < 1.29 is 27.6 Å². The van der Waals surface area contributed by atoms with Crippen LogP contribution < -0.4 is 17.2 Å². The van der Waals surface area contributed by atoms with Crippen molar-refractivity contribution in [1.82, 2.24) is 90.6 Å². The Hall–Kier alpha value is -12.4. The molecule has 0 amide bonds. The van der Waals surface area contributed by atoms with E-state index in [-0.39, 0.29) is 34.9 Å². The molecule has 0 spiro atoms. The molecular weight excluding hydrogens is 1540 g/mol. The van der Waals surface area contributed by atoms with Crippen LogP contribution in [0.2, 0.25) is 0 Å². The van der Waals surface area contributed by atoms with E-state index in [9.17, 15) is 4.79 Å². The Balaban J connectivity index is 0.000000129. The number of aryl methyl sites for hydroxylation is 2. The second kappa shape index (κ2) is 32.6. The Morgan fingerprint density at radius 3 is 1.15 bits per heavy atom. The highest BCUT2D eigenvalue weighted by Gasteiger charge is 2.21. The molecule has 6 aromatic carbocycles. The fourth-order valence-corrected chi connectivity index (χ4v) is 10.1. The van der Waals surface area contributed by atoms with Gasteiger partial charge in [-0.15, -0.1) is 47.2 Å². The summed E-state index contributed by atoms with van der Waals surface area (Å²) < 4.78 is 25.3. The van der Waals surface area contributed by atoms with Crippen molar-refractivity contribution in [2.75, 3.05) is 17.2 Å². The Bertz CT molecular complexity index is 5230. The van der Waals surface area contributed by atoms with Crippen LogP contribution in [-0.4, -0.2) is 102 Å². The molecule has 0 saturated carbocycles. The highest BCUT2D eigenvalue weighted by molar-refractivity contribution is 9.11. The first-order valence-corrected chi connectivity index (χ1v) is 32.4. The molecule has 0 atom stereocenters. The molecule has 15 rings (SSSR count). The van der Waals surface area contributed by atoms with Crippen LogP contribution in [0.15, 0.2) is 237 Å². The number of terminal acetylenes is 1. The van der Waals surface area contributed by atoms with Crippen LogP contribution in [0.5, 0.6) is 0 Å². The fourth-order valence-electron chi connectivity index (χ4n) is 8.73. The van der Waals surface area contributed by atoms with Gasteiger partial charge in [0.05, 0.1) is 53.8 Å². The average molecular weight is 1590 g/mol. The number of carboxylic acids is 1. The molecule has 100 heavy (non-hydrogen) atoms. The number of nitrogens with zero attached hydrogens (tertiary/aromatic N) is 18. The molecule has 27 nitrogen and oxygen atoms in total. The number of aromatic nitrogens is 18. The van der Waals surface area contributed by atoms with Crippen LogP contribution in [0, 0.1) is 26.2 Å². The van der Waals surface area contributed by atoms with Crippen molar-refractivity contribution in [3.05, 3.63) is 242 Å². The molecule has 15 aromatic rings. The first-order chi connectivity index (χ1) is 48.6. The van der Waals surface area contributed by atoms with Gasteiger partial charge < -0.3 is 40.0 Å². The second-order valence-electron chi connectivity index (χ2n) is 20.2. The van der Waals surface area contributed by atoms with Crippen LogP contribution in [0.1, 0.15) is 27.4 Å².